The van der Waals surface area contributed by atoms with E-state index in [2.05, 4.69) is 12.2 Å². The van der Waals surface area contributed by atoms with E-state index >= 15 is 0 Å². The molecule has 0 radical (unpaired) electrons. The van der Waals surface area contributed by atoms with Gasteiger partial charge in [-0.1, -0.05) is 13.3 Å². The number of ether oxygens (including phenoxy) is 1. The van der Waals surface area contributed by atoms with Gasteiger partial charge in [0, 0.05) is 19.8 Å². The standard InChI is InChI=1S/C13H29NO4Si/c1-5-12(19(17-7-3)18-8-4)10-9-11-14-13(15)16-6-2/h12,19H,5-11H2,1-4H3,(H,14,15). The number of amides is 1. The predicted molar refractivity (Wildman–Crippen MR) is 78.7 cm³/mol. The molecule has 0 aromatic carbocycles. The second-order valence-corrected chi connectivity index (χ2v) is 6.58. The molecule has 114 valence electrons. The summed E-state index contributed by atoms with van der Waals surface area (Å²) in [5.74, 6) is 0. The highest BCUT2D eigenvalue weighted by atomic mass is 28.3. The van der Waals surface area contributed by atoms with Crippen LogP contribution in [0.3, 0.4) is 0 Å². The minimum Gasteiger partial charge on any atom is -0.450 e. The lowest BCUT2D eigenvalue weighted by molar-refractivity contribution is 0.152. The number of hydrogen-bond donors (Lipinski definition) is 1. The molecule has 1 N–H and O–H groups in total. The molecule has 0 aliphatic rings. The zero-order valence-electron chi connectivity index (χ0n) is 12.7. The summed E-state index contributed by atoms with van der Waals surface area (Å²) in [6, 6.07) is 0. The number of carbonyl (C=O) groups is 1. The van der Waals surface area contributed by atoms with Gasteiger partial charge in [0.05, 0.1) is 6.61 Å². The third-order valence-corrected chi connectivity index (χ3v) is 5.77. The fraction of sp³-hybridized carbons (Fsp3) is 0.923. The Bertz CT molecular complexity index is 223. The maximum atomic E-state index is 11.1. The van der Waals surface area contributed by atoms with Gasteiger partial charge in [-0.15, -0.1) is 0 Å². The molecule has 0 spiro atoms. The van der Waals surface area contributed by atoms with Crippen LogP contribution < -0.4 is 5.32 Å². The Labute approximate surface area is 118 Å². The molecule has 0 fully saturated rings. The van der Waals surface area contributed by atoms with Crippen molar-refractivity contribution in [1.82, 2.24) is 5.32 Å². The summed E-state index contributed by atoms with van der Waals surface area (Å²) >= 11 is 0. The summed E-state index contributed by atoms with van der Waals surface area (Å²) in [6.07, 6.45) is 2.69. The number of nitrogens with one attached hydrogen (secondary N) is 1. The molecule has 5 nitrogen and oxygen atoms in total. The summed E-state index contributed by atoms with van der Waals surface area (Å²) in [5, 5.41) is 2.74. The van der Waals surface area contributed by atoms with Crippen LogP contribution in [0.1, 0.15) is 47.0 Å². The van der Waals surface area contributed by atoms with E-state index in [1.807, 2.05) is 13.8 Å². The lowest BCUT2D eigenvalue weighted by Gasteiger charge is -2.23. The van der Waals surface area contributed by atoms with Crippen molar-refractivity contribution in [3.8, 4) is 0 Å². The maximum absolute atomic E-state index is 11.1. The van der Waals surface area contributed by atoms with E-state index in [1.54, 1.807) is 6.92 Å². The first-order valence-electron chi connectivity index (χ1n) is 7.33. The molecule has 0 aromatic rings. The van der Waals surface area contributed by atoms with E-state index in [1.165, 1.54) is 0 Å². The molecule has 0 bridgehead atoms. The van der Waals surface area contributed by atoms with Crippen molar-refractivity contribution in [2.24, 2.45) is 0 Å². The average Bonchev–Trinajstić information content (AvgIpc) is 2.39. The smallest absolute Gasteiger partial charge is 0.407 e. The third kappa shape index (κ3) is 9.02. The Morgan fingerprint density at radius 3 is 2.21 bits per heavy atom. The van der Waals surface area contributed by atoms with Crippen molar-refractivity contribution in [1.29, 1.82) is 0 Å². The highest BCUT2D eigenvalue weighted by Crippen LogP contribution is 2.23. The molecule has 1 atom stereocenters. The molecule has 0 aliphatic heterocycles. The lowest BCUT2D eigenvalue weighted by atomic mass is 10.2. The predicted octanol–water partition coefficient (Wildman–Crippen LogP) is 2.59. The fourth-order valence-corrected chi connectivity index (χ4v) is 4.11. The van der Waals surface area contributed by atoms with Gasteiger partial charge in [0.25, 0.3) is 0 Å². The van der Waals surface area contributed by atoms with Crippen LogP contribution in [0.4, 0.5) is 4.79 Å². The Morgan fingerprint density at radius 1 is 1.11 bits per heavy atom. The molecule has 1 amide bonds. The van der Waals surface area contributed by atoms with E-state index in [9.17, 15) is 4.79 Å². The van der Waals surface area contributed by atoms with Gasteiger partial charge in [-0.2, -0.15) is 0 Å². The van der Waals surface area contributed by atoms with Crippen molar-refractivity contribution in [3.05, 3.63) is 0 Å². The van der Waals surface area contributed by atoms with Crippen LogP contribution >= 0.6 is 0 Å². The van der Waals surface area contributed by atoms with Crippen molar-refractivity contribution in [2.75, 3.05) is 26.4 Å². The van der Waals surface area contributed by atoms with Gasteiger partial charge in [-0.25, -0.2) is 4.79 Å². The van der Waals surface area contributed by atoms with Crippen molar-refractivity contribution < 1.29 is 18.4 Å². The zero-order chi connectivity index (χ0) is 14.5. The molecule has 0 aromatic heterocycles. The molecule has 1 unspecified atom stereocenters. The Morgan fingerprint density at radius 2 is 1.74 bits per heavy atom. The Balaban J connectivity index is 3.92. The molecule has 0 saturated heterocycles. The molecular weight excluding hydrogens is 262 g/mol. The monoisotopic (exact) mass is 291 g/mol. The molecule has 0 rings (SSSR count). The number of rotatable bonds is 11. The van der Waals surface area contributed by atoms with E-state index in [0.29, 0.717) is 31.9 Å². The van der Waals surface area contributed by atoms with Gasteiger partial charge in [-0.05, 0) is 39.2 Å². The topological polar surface area (TPSA) is 56.8 Å². The molecule has 0 heterocycles. The van der Waals surface area contributed by atoms with Crippen molar-refractivity contribution in [3.63, 3.8) is 0 Å². The third-order valence-electron chi connectivity index (χ3n) is 2.87. The second-order valence-electron chi connectivity index (χ2n) is 4.24. The lowest BCUT2D eigenvalue weighted by Crippen LogP contribution is -2.30. The van der Waals surface area contributed by atoms with Crippen LogP contribution in [0.2, 0.25) is 5.54 Å². The molecule has 19 heavy (non-hydrogen) atoms. The van der Waals surface area contributed by atoms with Crippen molar-refractivity contribution >= 4 is 15.4 Å². The Kier molecular flexibility index (Phi) is 12.1. The maximum Gasteiger partial charge on any atom is 0.407 e. The van der Waals surface area contributed by atoms with Crippen LogP contribution in [0.15, 0.2) is 0 Å². The highest BCUT2D eigenvalue weighted by molar-refractivity contribution is 6.46. The summed E-state index contributed by atoms with van der Waals surface area (Å²) in [6.45, 7) is 10.5. The molecule has 6 heteroatoms. The van der Waals surface area contributed by atoms with Gasteiger partial charge < -0.3 is 18.9 Å². The van der Waals surface area contributed by atoms with Gasteiger partial charge in [-0.3, -0.25) is 0 Å². The van der Waals surface area contributed by atoms with Gasteiger partial charge in [0.2, 0.25) is 0 Å². The minimum atomic E-state index is -1.57. The van der Waals surface area contributed by atoms with Gasteiger partial charge in [0.1, 0.15) is 0 Å². The van der Waals surface area contributed by atoms with E-state index < -0.39 is 9.28 Å². The Hall–Kier alpha value is -0.593. The van der Waals surface area contributed by atoms with Crippen LogP contribution in [-0.2, 0) is 13.6 Å². The minimum absolute atomic E-state index is 0.334. The number of carbonyl (C=O) groups excluding carboxylic acids is 1. The van der Waals surface area contributed by atoms with Crippen LogP contribution in [0.5, 0.6) is 0 Å². The van der Waals surface area contributed by atoms with Gasteiger partial charge >= 0.3 is 15.4 Å². The average molecular weight is 291 g/mol. The van der Waals surface area contributed by atoms with Crippen LogP contribution in [0.25, 0.3) is 0 Å². The quantitative estimate of drug-likeness (QED) is 0.469. The number of hydrogen-bond acceptors (Lipinski definition) is 4. The van der Waals surface area contributed by atoms with Crippen molar-refractivity contribution in [2.45, 2.75) is 52.5 Å². The molecular formula is C13H29NO4Si. The molecule has 0 saturated carbocycles. The first-order valence-corrected chi connectivity index (χ1v) is 8.94. The highest BCUT2D eigenvalue weighted by Gasteiger charge is 2.23. The normalized spacial score (nSPS) is 12.5. The summed E-state index contributed by atoms with van der Waals surface area (Å²) in [4.78, 5) is 11.1. The number of alkyl carbamates (subject to hydrolysis) is 1. The van der Waals surface area contributed by atoms with Crippen LogP contribution in [-0.4, -0.2) is 41.7 Å². The zero-order valence-corrected chi connectivity index (χ0v) is 13.9. The fourth-order valence-electron chi connectivity index (χ4n) is 1.92. The summed E-state index contributed by atoms with van der Waals surface area (Å²) in [7, 11) is -1.57. The van der Waals surface area contributed by atoms with E-state index in [0.717, 1.165) is 19.3 Å². The van der Waals surface area contributed by atoms with Gasteiger partial charge in [0.15, 0.2) is 0 Å². The summed E-state index contributed by atoms with van der Waals surface area (Å²) in [5.41, 5.74) is 0.504. The largest absolute Gasteiger partial charge is 0.450 e. The second kappa shape index (κ2) is 12.4. The van der Waals surface area contributed by atoms with E-state index in [4.69, 9.17) is 13.6 Å². The van der Waals surface area contributed by atoms with E-state index in [-0.39, 0.29) is 6.09 Å². The SMILES string of the molecule is CCOC(=O)NCCCC(CC)[SiH](OCC)OCC. The summed E-state index contributed by atoms with van der Waals surface area (Å²) < 4.78 is 16.3. The van der Waals surface area contributed by atoms with Crippen LogP contribution in [0, 0.1) is 0 Å². The molecule has 0 aliphatic carbocycles. The first-order chi connectivity index (χ1) is 9.19. The first kappa shape index (κ1) is 18.4.